The van der Waals surface area contributed by atoms with Gasteiger partial charge in [-0.1, -0.05) is 24.3 Å². The first-order valence-corrected chi connectivity index (χ1v) is 11.3. The first-order valence-electron chi connectivity index (χ1n) is 11.3. The molecule has 178 valence electrons. The average molecular weight is 467 g/mol. The Labute approximate surface area is 196 Å². The highest BCUT2D eigenvalue weighted by molar-refractivity contribution is 5.84. The number of nitrogens with zero attached hydrogens (tertiary/aromatic N) is 2. The molecular weight excluding hydrogens is 439 g/mol. The van der Waals surface area contributed by atoms with E-state index < -0.39 is 0 Å². The van der Waals surface area contributed by atoms with Crippen LogP contribution in [0.4, 0.5) is 4.39 Å². The van der Waals surface area contributed by atoms with Crippen molar-refractivity contribution in [1.29, 1.82) is 0 Å². The number of halogens is 1. The highest BCUT2D eigenvalue weighted by Crippen LogP contribution is 2.16. The third-order valence-electron chi connectivity index (χ3n) is 5.97. The fourth-order valence-corrected chi connectivity index (χ4v) is 4.08. The van der Waals surface area contributed by atoms with Gasteiger partial charge in [0.15, 0.2) is 5.43 Å². The van der Waals surface area contributed by atoms with Gasteiger partial charge < -0.3 is 19.0 Å². The van der Waals surface area contributed by atoms with Gasteiger partial charge >= 0.3 is 0 Å². The van der Waals surface area contributed by atoms with Crippen LogP contribution >= 0.6 is 0 Å². The number of carbonyl (C=O) groups excluding carboxylic acids is 2. The van der Waals surface area contributed by atoms with E-state index in [1.807, 2.05) is 0 Å². The van der Waals surface area contributed by atoms with E-state index in [9.17, 15) is 18.8 Å². The van der Waals surface area contributed by atoms with E-state index in [0.717, 1.165) is 12.8 Å². The summed E-state index contributed by atoms with van der Waals surface area (Å²) in [5.41, 5.74) is 1.27. The molecule has 34 heavy (non-hydrogen) atoms. The second-order valence-electron chi connectivity index (χ2n) is 8.50. The SMILES string of the molecule is CC(=O)N(CC(=O)N(Cc1ccc(F)cc1)Cc1coc2ccccc2c1=O)CC1CCCO1. The largest absolute Gasteiger partial charge is 0.464 e. The lowest BCUT2D eigenvalue weighted by Gasteiger charge is -2.28. The summed E-state index contributed by atoms with van der Waals surface area (Å²) in [5.74, 6) is -0.933. The predicted molar refractivity (Wildman–Crippen MR) is 124 cm³/mol. The molecule has 1 saturated heterocycles. The summed E-state index contributed by atoms with van der Waals surface area (Å²) in [4.78, 5) is 41.6. The van der Waals surface area contributed by atoms with Crippen LogP contribution in [-0.4, -0.2) is 47.4 Å². The van der Waals surface area contributed by atoms with Gasteiger partial charge in [0.25, 0.3) is 0 Å². The molecule has 2 heterocycles. The highest BCUT2D eigenvalue weighted by atomic mass is 19.1. The molecule has 0 N–H and O–H groups in total. The molecule has 3 aromatic rings. The summed E-state index contributed by atoms with van der Waals surface area (Å²) in [6, 6.07) is 12.7. The first-order chi connectivity index (χ1) is 16.4. The Morgan fingerprint density at radius 3 is 2.53 bits per heavy atom. The quantitative estimate of drug-likeness (QED) is 0.508. The smallest absolute Gasteiger partial charge is 0.242 e. The van der Waals surface area contributed by atoms with E-state index in [1.165, 1.54) is 35.1 Å². The Hall–Kier alpha value is -3.52. The zero-order valence-electron chi connectivity index (χ0n) is 19.0. The van der Waals surface area contributed by atoms with Crippen molar-refractivity contribution >= 4 is 22.8 Å². The van der Waals surface area contributed by atoms with Crippen molar-refractivity contribution < 1.29 is 23.1 Å². The van der Waals surface area contributed by atoms with Crippen LogP contribution in [-0.2, 0) is 27.4 Å². The van der Waals surface area contributed by atoms with Crippen LogP contribution in [0.2, 0.25) is 0 Å². The van der Waals surface area contributed by atoms with Gasteiger partial charge in [0, 0.05) is 26.6 Å². The number of rotatable bonds is 8. The molecule has 1 unspecified atom stereocenters. The Kier molecular flexibility index (Phi) is 7.37. The number of carbonyl (C=O) groups is 2. The molecule has 1 aliphatic heterocycles. The van der Waals surface area contributed by atoms with Gasteiger partial charge in [0.05, 0.1) is 36.4 Å². The monoisotopic (exact) mass is 466 g/mol. The second kappa shape index (κ2) is 10.6. The molecule has 4 rings (SSSR count). The molecule has 2 aromatic carbocycles. The zero-order valence-corrected chi connectivity index (χ0v) is 19.0. The minimum atomic E-state index is -0.379. The molecule has 2 amide bonds. The van der Waals surface area contributed by atoms with Crippen LogP contribution < -0.4 is 5.43 Å². The maximum atomic E-state index is 13.4. The predicted octanol–water partition coefficient (Wildman–Crippen LogP) is 3.49. The standard InChI is InChI=1S/C26H27FN2O5/c1-18(30)28(15-22-5-4-12-33-22)16-25(31)29(13-19-8-10-21(27)11-9-19)14-20-17-34-24-7-3-2-6-23(24)26(20)32/h2-3,6-11,17,22H,4-5,12-16H2,1H3. The van der Waals surface area contributed by atoms with Crippen molar-refractivity contribution in [3.63, 3.8) is 0 Å². The summed E-state index contributed by atoms with van der Waals surface area (Å²) in [5, 5.41) is 0.429. The third kappa shape index (κ3) is 5.69. The molecule has 7 nitrogen and oxygen atoms in total. The van der Waals surface area contributed by atoms with E-state index in [-0.39, 0.29) is 48.8 Å². The number of benzene rings is 2. The van der Waals surface area contributed by atoms with Gasteiger partial charge in [-0.05, 0) is 42.7 Å². The Bertz CT molecular complexity index is 1220. The van der Waals surface area contributed by atoms with Crippen LogP contribution in [0.1, 0.15) is 30.9 Å². The molecular formula is C26H27FN2O5. The van der Waals surface area contributed by atoms with Gasteiger partial charge in [0.2, 0.25) is 11.8 Å². The van der Waals surface area contributed by atoms with E-state index in [4.69, 9.17) is 9.15 Å². The van der Waals surface area contributed by atoms with Crippen molar-refractivity contribution in [1.82, 2.24) is 9.80 Å². The zero-order chi connectivity index (χ0) is 24.1. The van der Waals surface area contributed by atoms with Gasteiger partial charge in [-0.2, -0.15) is 0 Å². The molecule has 1 aromatic heterocycles. The summed E-state index contributed by atoms with van der Waals surface area (Å²) < 4.78 is 24.6. The lowest BCUT2D eigenvalue weighted by Crippen LogP contribution is -2.44. The van der Waals surface area contributed by atoms with Crippen molar-refractivity contribution in [3.05, 3.63) is 82.0 Å². The van der Waals surface area contributed by atoms with Gasteiger partial charge in [-0.15, -0.1) is 0 Å². The van der Waals surface area contributed by atoms with Crippen LogP contribution in [0.5, 0.6) is 0 Å². The van der Waals surface area contributed by atoms with Crippen LogP contribution in [0.3, 0.4) is 0 Å². The van der Waals surface area contributed by atoms with Crippen LogP contribution in [0.15, 0.2) is 64.0 Å². The molecule has 1 atom stereocenters. The molecule has 0 saturated carbocycles. The Balaban J connectivity index is 1.58. The summed E-state index contributed by atoms with van der Waals surface area (Å²) >= 11 is 0. The fourth-order valence-electron chi connectivity index (χ4n) is 4.08. The number of hydrogen-bond acceptors (Lipinski definition) is 5. The lowest BCUT2D eigenvalue weighted by molar-refractivity contribution is -0.141. The van der Waals surface area contributed by atoms with Crippen molar-refractivity contribution in [2.45, 2.75) is 39.0 Å². The third-order valence-corrected chi connectivity index (χ3v) is 5.97. The van der Waals surface area contributed by atoms with Gasteiger partial charge in [-0.3, -0.25) is 14.4 Å². The van der Waals surface area contributed by atoms with Crippen molar-refractivity contribution in [2.24, 2.45) is 0 Å². The van der Waals surface area contributed by atoms with E-state index in [1.54, 1.807) is 36.4 Å². The van der Waals surface area contributed by atoms with Gasteiger partial charge in [0.1, 0.15) is 11.4 Å². The van der Waals surface area contributed by atoms with Crippen LogP contribution in [0.25, 0.3) is 11.0 Å². The molecule has 0 bridgehead atoms. The lowest BCUT2D eigenvalue weighted by atomic mass is 10.1. The topological polar surface area (TPSA) is 80.1 Å². The Morgan fingerprint density at radius 2 is 1.82 bits per heavy atom. The molecule has 0 aliphatic carbocycles. The van der Waals surface area contributed by atoms with Crippen molar-refractivity contribution in [3.8, 4) is 0 Å². The second-order valence-corrected chi connectivity index (χ2v) is 8.50. The fraction of sp³-hybridized carbons (Fsp3) is 0.346. The summed E-state index contributed by atoms with van der Waals surface area (Å²) in [7, 11) is 0. The first kappa shape index (κ1) is 23.6. The molecule has 1 aliphatic rings. The number of amides is 2. The number of fused-ring (bicyclic) bond motifs is 1. The average Bonchev–Trinajstić information content (AvgIpc) is 3.34. The maximum absolute atomic E-state index is 13.4. The Morgan fingerprint density at radius 1 is 1.06 bits per heavy atom. The number of para-hydroxylation sites is 1. The summed E-state index contributed by atoms with van der Waals surface area (Å²) in [6.07, 6.45) is 3.05. The highest BCUT2D eigenvalue weighted by Gasteiger charge is 2.25. The van der Waals surface area contributed by atoms with Crippen molar-refractivity contribution in [2.75, 3.05) is 19.7 Å². The van der Waals surface area contributed by atoms with E-state index in [0.29, 0.717) is 35.2 Å². The molecule has 8 heteroatoms. The van der Waals surface area contributed by atoms with Crippen LogP contribution in [0, 0.1) is 5.82 Å². The molecule has 0 radical (unpaired) electrons. The summed E-state index contributed by atoms with van der Waals surface area (Å²) in [6.45, 7) is 2.41. The maximum Gasteiger partial charge on any atom is 0.242 e. The normalized spacial score (nSPS) is 15.4. The van der Waals surface area contributed by atoms with Gasteiger partial charge in [-0.25, -0.2) is 4.39 Å². The van der Waals surface area contributed by atoms with E-state index >= 15 is 0 Å². The number of hydrogen-bond donors (Lipinski definition) is 0. The molecule has 1 fully saturated rings. The minimum Gasteiger partial charge on any atom is -0.464 e. The van der Waals surface area contributed by atoms with E-state index in [2.05, 4.69) is 0 Å². The minimum absolute atomic E-state index is 0.00491. The molecule has 0 spiro atoms. The number of ether oxygens (including phenoxy) is 1.